The van der Waals surface area contributed by atoms with Gasteiger partial charge in [-0.25, -0.2) is 4.57 Å². The molecular weight excluding hydrogens is 709 g/mol. The van der Waals surface area contributed by atoms with Gasteiger partial charge in [-0.15, -0.1) is 0 Å². The molecular formula is C46H85NO7P+. The minimum atomic E-state index is -4.28. The Hall–Kier alpha value is -1.80. The molecule has 0 saturated heterocycles. The fourth-order valence-corrected chi connectivity index (χ4v) is 6.40. The molecule has 0 rings (SSSR count). The number of rotatable bonds is 40. The van der Waals surface area contributed by atoms with E-state index >= 15 is 0 Å². The zero-order chi connectivity index (χ0) is 40.6. The molecule has 0 amide bonds. The van der Waals surface area contributed by atoms with Crippen LogP contribution in [0.2, 0.25) is 0 Å². The molecule has 0 aromatic heterocycles. The highest BCUT2D eigenvalue weighted by molar-refractivity contribution is 7.47. The van der Waals surface area contributed by atoms with Crippen molar-refractivity contribution >= 4 is 13.8 Å². The summed E-state index contributed by atoms with van der Waals surface area (Å²) in [6, 6.07) is 0. The van der Waals surface area contributed by atoms with Crippen molar-refractivity contribution in [2.24, 2.45) is 0 Å². The number of carbonyl (C=O) groups excluding carboxylic acids is 1. The molecule has 9 heteroatoms. The molecule has 0 heterocycles. The quantitative estimate of drug-likeness (QED) is 0.0217. The molecule has 0 spiro atoms. The van der Waals surface area contributed by atoms with Gasteiger partial charge in [-0.1, -0.05) is 145 Å². The van der Waals surface area contributed by atoms with Gasteiger partial charge < -0.3 is 18.9 Å². The fraction of sp³-hybridized carbons (Fsp3) is 0.761. The third kappa shape index (κ3) is 43.2. The van der Waals surface area contributed by atoms with Crippen LogP contribution in [0.15, 0.2) is 60.8 Å². The summed E-state index contributed by atoms with van der Waals surface area (Å²) in [6.07, 6.45) is 48.2. The van der Waals surface area contributed by atoms with Gasteiger partial charge in [-0.05, 0) is 77.0 Å². The van der Waals surface area contributed by atoms with E-state index in [1.807, 2.05) is 21.1 Å². The first kappa shape index (κ1) is 53.2. The van der Waals surface area contributed by atoms with Gasteiger partial charge in [0.25, 0.3) is 0 Å². The van der Waals surface area contributed by atoms with Crippen LogP contribution < -0.4 is 0 Å². The molecule has 0 aliphatic carbocycles. The average Bonchev–Trinajstić information content (AvgIpc) is 3.13. The number of hydrogen-bond donors (Lipinski definition) is 1. The predicted octanol–water partition coefficient (Wildman–Crippen LogP) is 12.9. The third-order valence-corrected chi connectivity index (χ3v) is 10.0. The second-order valence-corrected chi connectivity index (χ2v) is 17.1. The van der Waals surface area contributed by atoms with Gasteiger partial charge in [-0.2, -0.15) is 0 Å². The van der Waals surface area contributed by atoms with E-state index in [1.165, 1.54) is 70.6 Å². The number of ether oxygens (including phenoxy) is 2. The molecule has 1 N–H and O–H groups in total. The zero-order valence-electron chi connectivity index (χ0n) is 36.1. The Kier molecular flexibility index (Phi) is 37.8. The first-order chi connectivity index (χ1) is 26.6. The summed E-state index contributed by atoms with van der Waals surface area (Å²) in [7, 11) is 1.64. The lowest BCUT2D eigenvalue weighted by Gasteiger charge is -2.24. The molecule has 8 nitrogen and oxygen atoms in total. The maximum atomic E-state index is 12.7. The van der Waals surface area contributed by atoms with E-state index < -0.39 is 13.9 Å². The first-order valence-electron chi connectivity index (χ1n) is 22.0. The van der Waals surface area contributed by atoms with Crippen molar-refractivity contribution in [1.29, 1.82) is 0 Å². The minimum absolute atomic E-state index is 0.0815. The number of esters is 1. The lowest BCUT2D eigenvalue weighted by atomic mass is 10.1. The Morgan fingerprint density at radius 1 is 0.582 bits per heavy atom. The van der Waals surface area contributed by atoms with E-state index in [9.17, 15) is 14.3 Å². The lowest BCUT2D eigenvalue weighted by Crippen LogP contribution is -2.37. The molecule has 2 unspecified atom stereocenters. The van der Waals surface area contributed by atoms with Gasteiger partial charge in [0, 0.05) is 13.0 Å². The van der Waals surface area contributed by atoms with Crippen LogP contribution >= 0.6 is 7.82 Å². The second kappa shape index (κ2) is 39.0. The van der Waals surface area contributed by atoms with Crippen LogP contribution in [-0.2, 0) is 27.9 Å². The number of carbonyl (C=O) groups is 1. The van der Waals surface area contributed by atoms with Crippen LogP contribution in [0, 0.1) is 0 Å². The number of allylic oxidation sites excluding steroid dienone is 10. The van der Waals surface area contributed by atoms with Crippen LogP contribution in [0.1, 0.15) is 168 Å². The molecule has 0 bridgehead atoms. The summed E-state index contributed by atoms with van der Waals surface area (Å²) in [6.45, 7) is 5.44. The summed E-state index contributed by atoms with van der Waals surface area (Å²) >= 11 is 0. The van der Waals surface area contributed by atoms with Gasteiger partial charge in [-0.3, -0.25) is 13.8 Å². The van der Waals surface area contributed by atoms with Crippen LogP contribution in [-0.4, -0.2) is 75.6 Å². The van der Waals surface area contributed by atoms with Gasteiger partial charge >= 0.3 is 13.8 Å². The monoisotopic (exact) mass is 795 g/mol. The van der Waals surface area contributed by atoms with Gasteiger partial charge in [0.15, 0.2) is 0 Å². The van der Waals surface area contributed by atoms with Crippen molar-refractivity contribution in [2.75, 3.05) is 54.1 Å². The molecule has 0 aliphatic heterocycles. The molecule has 0 radical (unpaired) electrons. The number of likely N-dealkylation sites (N-methyl/N-ethyl adjacent to an activating group) is 1. The molecule has 0 saturated carbocycles. The smallest absolute Gasteiger partial charge is 0.457 e. The van der Waals surface area contributed by atoms with Crippen molar-refractivity contribution in [2.45, 2.75) is 174 Å². The number of hydrogen-bond acceptors (Lipinski definition) is 6. The van der Waals surface area contributed by atoms with Crippen molar-refractivity contribution in [1.82, 2.24) is 0 Å². The topological polar surface area (TPSA) is 91.3 Å². The molecule has 0 aliphatic rings. The summed E-state index contributed by atoms with van der Waals surface area (Å²) in [4.78, 5) is 22.9. The summed E-state index contributed by atoms with van der Waals surface area (Å²) < 4.78 is 35.0. The summed E-state index contributed by atoms with van der Waals surface area (Å²) in [5, 5.41) is 0. The van der Waals surface area contributed by atoms with Gasteiger partial charge in [0.1, 0.15) is 19.3 Å². The number of unbranched alkanes of at least 4 members (excludes halogenated alkanes) is 16. The van der Waals surface area contributed by atoms with E-state index in [4.69, 9.17) is 18.5 Å². The maximum Gasteiger partial charge on any atom is 0.472 e. The van der Waals surface area contributed by atoms with E-state index in [0.29, 0.717) is 24.1 Å². The maximum absolute atomic E-state index is 12.7. The second-order valence-electron chi connectivity index (χ2n) is 15.7. The highest BCUT2D eigenvalue weighted by Crippen LogP contribution is 2.43. The highest BCUT2D eigenvalue weighted by Gasteiger charge is 2.26. The van der Waals surface area contributed by atoms with Crippen molar-refractivity contribution in [3.63, 3.8) is 0 Å². The van der Waals surface area contributed by atoms with Gasteiger partial charge in [0.05, 0.1) is 34.4 Å². The van der Waals surface area contributed by atoms with Crippen LogP contribution in [0.5, 0.6) is 0 Å². The van der Waals surface area contributed by atoms with Crippen LogP contribution in [0.4, 0.5) is 0 Å². The molecule has 55 heavy (non-hydrogen) atoms. The Morgan fingerprint density at radius 3 is 1.58 bits per heavy atom. The van der Waals surface area contributed by atoms with E-state index in [1.54, 1.807) is 0 Å². The molecule has 0 fully saturated rings. The van der Waals surface area contributed by atoms with Crippen molar-refractivity contribution < 1.29 is 37.3 Å². The third-order valence-electron chi connectivity index (χ3n) is 9.06. The van der Waals surface area contributed by atoms with E-state index in [0.717, 1.165) is 77.0 Å². The molecule has 2 atom stereocenters. The average molecular weight is 795 g/mol. The Morgan fingerprint density at radius 2 is 1.05 bits per heavy atom. The normalized spacial score (nSPS) is 14.4. The Bertz CT molecular complexity index is 1060. The summed E-state index contributed by atoms with van der Waals surface area (Å²) in [5.74, 6) is -0.329. The van der Waals surface area contributed by atoms with Crippen molar-refractivity contribution in [3.05, 3.63) is 60.8 Å². The van der Waals surface area contributed by atoms with E-state index in [2.05, 4.69) is 74.6 Å². The molecule has 0 aromatic carbocycles. The standard InChI is InChI=1S/C46H84NO7P/c1-6-8-10-12-14-16-18-20-22-24-25-27-29-31-33-35-37-39-46(48)54-45(44-53-55(49,50)52-42-40-47(3,4)5)43-51-41-38-36-34-32-30-28-26-23-21-19-17-15-13-11-9-7-2/h9,11,14-17,20-23,45H,6-8,10,12-13,18-19,24-44H2,1-5H3/p+1/b11-9-,16-14-,17-15-,22-20-,23-21-. The van der Waals surface area contributed by atoms with Gasteiger partial charge in [0.2, 0.25) is 0 Å². The first-order valence-corrected chi connectivity index (χ1v) is 23.5. The van der Waals surface area contributed by atoms with Crippen molar-refractivity contribution in [3.8, 4) is 0 Å². The Balaban J connectivity index is 4.28. The van der Waals surface area contributed by atoms with E-state index in [-0.39, 0.29) is 25.8 Å². The lowest BCUT2D eigenvalue weighted by molar-refractivity contribution is -0.870. The number of quaternary nitrogens is 1. The number of phosphoric ester groups is 1. The SMILES string of the molecule is CC/C=C\C/C=C\C/C=C\CCCCCCCCOCC(COP(=O)(O)OCC[N+](C)(C)C)OC(=O)CCCCCCCCC/C=C\C/C=C\CCCCC. The minimum Gasteiger partial charge on any atom is -0.457 e. The summed E-state index contributed by atoms with van der Waals surface area (Å²) in [5.41, 5.74) is 0. The fourth-order valence-electron chi connectivity index (χ4n) is 5.65. The van der Waals surface area contributed by atoms with Crippen LogP contribution in [0.3, 0.4) is 0 Å². The van der Waals surface area contributed by atoms with Crippen LogP contribution in [0.25, 0.3) is 0 Å². The number of phosphoric acid groups is 1. The highest BCUT2D eigenvalue weighted by atomic mass is 31.2. The molecule has 320 valence electrons. The largest absolute Gasteiger partial charge is 0.472 e. The number of nitrogens with zero attached hydrogens (tertiary/aromatic N) is 1. The molecule has 0 aromatic rings. The Labute approximate surface area is 339 Å². The zero-order valence-corrected chi connectivity index (χ0v) is 37.0. The predicted molar refractivity (Wildman–Crippen MR) is 233 cm³/mol.